The fourth-order valence-electron chi connectivity index (χ4n) is 1.75. The van der Waals surface area contributed by atoms with E-state index in [1.165, 1.54) is 18.3 Å². The van der Waals surface area contributed by atoms with Crippen LogP contribution in [0.15, 0.2) is 30.5 Å². The highest BCUT2D eigenvalue weighted by Crippen LogP contribution is 2.34. The van der Waals surface area contributed by atoms with Gasteiger partial charge in [0.1, 0.15) is 6.07 Å². The fraction of sp³-hybridized carbons (Fsp3) is 0.154. The Kier molecular flexibility index (Phi) is 2.87. The van der Waals surface area contributed by atoms with Gasteiger partial charge in [-0.2, -0.15) is 18.4 Å². The van der Waals surface area contributed by atoms with Crippen molar-refractivity contribution in [2.75, 3.05) is 0 Å². The van der Waals surface area contributed by atoms with E-state index in [1.807, 2.05) is 6.07 Å². The molecule has 0 aliphatic rings. The van der Waals surface area contributed by atoms with Crippen LogP contribution in [0.1, 0.15) is 16.7 Å². The minimum absolute atomic E-state index is 0.331. The minimum Gasteiger partial charge on any atom is -0.360 e. The number of aryl methyl sites for hydroxylation is 1. The van der Waals surface area contributed by atoms with Gasteiger partial charge in [0, 0.05) is 11.8 Å². The molecule has 0 unspecified atom stereocenters. The molecular weight excluding hydrogens is 241 g/mol. The van der Waals surface area contributed by atoms with Crippen LogP contribution < -0.4 is 0 Å². The van der Waals surface area contributed by atoms with Gasteiger partial charge in [-0.1, -0.05) is 6.07 Å². The summed E-state index contributed by atoms with van der Waals surface area (Å²) in [7, 11) is 0. The SMILES string of the molecule is Cc1ccc(C(F)(F)F)cc1-c1[nH]ccc1C#N. The average molecular weight is 250 g/mol. The quantitative estimate of drug-likeness (QED) is 0.819. The van der Waals surface area contributed by atoms with Crippen LogP contribution in [0.4, 0.5) is 13.2 Å². The van der Waals surface area contributed by atoms with Crippen molar-refractivity contribution in [2.24, 2.45) is 0 Å². The second-order valence-electron chi connectivity index (χ2n) is 3.91. The Labute approximate surface area is 102 Å². The first-order chi connectivity index (χ1) is 8.43. The Hall–Kier alpha value is -2.22. The number of halogens is 3. The molecule has 2 rings (SSSR count). The van der Waals surface area contributed by atoms with E-state index >= 15 is 0 Å². The van der Waals surface area contributed by atoms with Crippen molar-refractivity contribution in [3.63, 3.8) is 0 Å². The van der Waals surface area contributed by atoms with Gasteiger partial charge in [0.15, 0.2) is 0 Å². The zero-order chi connectivity index (χ0) is 13.3. The Morgan fingerprint density at radius 1 is 1.22 bits per heavy atom. The van der Waals surface area contributed by atoms with Crippen LogP contribution in [0.3, 0.4) is 0 Å². The molecule has 0 amide bonds. The number of aromatic nitrogens is 1. The van der Waals surface area contributed by atoms with Gasteiger partial charge in [0.25, 0.3) is 0 Å². The normalized spacial score (nSPS) is 11.3. The molecule has 1 aromatic carbocycles. The molecule has 0 fully saturated rings. The average Bonchev–Trinajstić information content (AvgIpc) is 2.76. The Bertz CT molecular complexity index is 618. The standard InChI is InChI=1S/C13H9F3N2/c1-8-2-3-10(13(14,15)16)6-11(8)12-9(7-17)4-5-18-12/h2-6,18H,1H3. The van der Waals surface area contributed by atoms with Crippen molar-refractivity contribution >= 4 is 0 Å². The van der Waals surface area contributed by atoms with E-state index in [-0.39, 0.29) is 0 Å². The van der Waals surface area contributed by atoms with Gasteiger partial charge in [-0.3, -0.25) is 0 Å². The summed E-state index contributed by atoms with van der Waals surface area (Å²) >= 11 is 0. The molecule has 0 saturated carbocycles. The van der Waals surface area contributed by atoms with Crippen molar-refractivity contribution in [2.45, 2.75) is 13.1 Å². The Morgan fingerprint density at radius 3 is 2.56 bits per heavy atom. The molecule has 0 atom stereocenters. The molecule has 0 spiro atoms. The minimum atomic E-state index is -4.39. The lowest BCUT2D eigenvalue weighted by Crippen LogP contribution is -2.05. The summed E-state index contributed by atoms with van der Waals surface area (Å²) in [6.45, 7) is 1.71. The molecule has 5 heteroatoms. The largest absolute Gasteiger partial charge is 0.416 e. The van der Waals surface area contributed by atoms with E-state index < -0.39 is 11.7 Å². The van der Waals surface area contributed by atoms with Gasteiger partial charge in [0.2, 0.25) is 0 Å². The van der Waals surface area contributed by atoms with Crippen molar-refractivity contribution in [1.82, 2.24) is 4.98 Å². The molecule has 1 heterocycles. The zero-order valence-corrected chi connectivity index (χ0v) is 9.47. The van der Waals surface area contributed by atoms with Crippen LogP contribution in [0.25, 0.3) is 11.3 Å². The van der Waals surface area contributed by atoms with Crippen LogP contribution in [0.5, 0.6) is 0 Å². The number of hydrogen-bond acceptors (Lipinski definition) is 1. The van der Waals surface area contributed by atoms with E-state index in [4.69, 9.17) is 5.26 Å². The van der Waals surface area contributed by atoms with Gasteiger partial charge in [0.05, 0.1) is 16.8 Å². The highest BCUT2D eigenvalue weighted by atomic mass is 19.4. The molecule has 0 bridgehead atoms. The number of nitriles is 1. The first kappa shape index (κ1) is 12.2. The summed E-state index contributed by atoms with van der Waals surface area (Å²) in [5, 5.41) is 8.90. The third kappa shape index (κ3) is 2.09. The molecule has 1 aromatic heterocycles. The predicted octanol–water partition coefficient (Wildman–Crippen LogP) is 3.88. The highest BCUT2D eigenvalue weighted by Gasteiger charge is 2.31. The fourth-order valence-corrected chi connectivity index (χ4v) is 1.75. The number of H-pyrrole nitrogens is 1. The molecule has 18 heavy (non-hydrogen) atoms. The molecule has 0 saturated heterocycles. The lowest BCUT2D eigenvalue weighted by atomic mass is 10.00. The summed E-state index contributed by atoms with van der Waals surface area (Å²) in [6.07, 6.45) is -2.85. The van der Waals surface area contributed by atoms with E-state index in [2.05, 4.69) is 4.98 Å². The van der Waals surface area contributed by atoms with Gasteiger partial charge < -0.3 is 4.98 Å². The smallest absolute Gasteiger partial charge is 0.360 e. The monoisotopic (exact) mass is 250 g/mol. The molecule has 2 aromatic rings. The number of benzene rings is 1. The van der Waals surface area contributed by atoms with Crippen LogP contribution in [0, 0.1) is 18.3 Å². The topological polar surface area (TPSA) is 39.6 Å². The number of nitrogens with zero attached hydrogens (tertiary/aromatic N) is 1. The molecule has 0 aliphatic heterocycles. The second-order valence-corrected chi connectivity index (χ2v) is 3.91. The van der Waals surface area contributed by atoms with E-state index in [1.54, 1.807) is 6.92 Å². The Morgan fingerprint density at radius 2 is 1.94 bits per heavy atom. The summed E-state index contributed by atoms with van der Waals surface area (Å²) < 4.78 is 37.9. The van der Waals surface area contributed by atoms with Gasteiger partial charge in [-0.25, -0.2) is 0 Å². The number of aromatic amines is 1. The van der Waals surface area contributed by atoms with E-state index in [0.717, 1.165) is 12.1 Å². The Balaban J connectivity index is 2.62. The molecule has 92 valence electrons. The van der Waals surface area contributed by atoms with E-state index in [9.17, 15) is 13.2 Å². The maximum absolute atomic E-state index is 12.6. The van der Waals surface area contributed by atoms with Gasteiger partial charge >= 0.3 is 6.18 Å². The van der Waals surface area contributed by atoms with E-state index in [0.29, 0.717) is 22.4 Å². The first-order valence-electron chi connectivity index (χ1n) is 5.19. The zero-order valence-electron chi connectivity index (χ0n) is 9.47. The number of hydrogen-bond donors (Lipinski definition) is 1. The van der Waals surface area contributed by atoms with Gasteiger partial charge in [-0.05, 0) is 30.7 Å². The molecular formula is C13H9F3N2. The molecule has 1 N–H and O–H groups in total. The maximum Gasteiger partial charge on any atom is 0.416 e. The number of alkyl halides is 3. The maximum atomic E-state index is 12.6. The molecule has 0 aliphatic carbocycles. The number of rotatable bonds is 1. The third-order valence-electron chi connectivity index (χ3n) is 2.70. The summed E-state index contributed by atoms with van der Waals surface area (Å²) in [5.41, 5.74) is 1.11. The van der Waals surface area contributed by atoms with Crippen LogP contribution >= 0.6 is 0 Å². The van der Waals surface area contributed by atoms with Crippen molar-refractivity contribution in [1.29, 1.82) is 5.26 Å². The van der Waals surface area contributed by atoms with Gasteiger partial charge in [-0.15, -0.1) is 0 Å². The van der Waals surface area contributed by atoms with Crippen molar-refractivity contribution in [3.05, 3.63) is 47.2 Å². The van der Waals surface area contributed by atoms with Crippen LogP contribution in [-0.4, -0.2) is 4.98 Å². The molecule has 2 nitrogen and oxygen atoms in total. The van der Waals surface area contributed by atoms with Crippen molar-refractivity contribution in [3.8, 4) is 17.3 Å². The van der Waals surface area contributed by atoms with Crippen LogP contribution in [-0.2, 0) is 6.18 Å². The lowest BCUT2D eigenvalue weighted by molar-refractivity contribution is -0.137. The van der Waals surface area contributed by atoms with Crippen molar-refractivity contribution < 1.29 is 13.2 Å². The summed E-state index contributed by atoms with van der Waals surface area (Å²) in [6, 6.07) is 6.98. The second kappa shape index (κ2) is 4.22. The highest BCUT2D eigenvalue weighted by molar-refractivity contribution is 5.70. The first-order valence-corrected chi connectivity index (χ1v) is 5.19. The summed E-state index contributed by atoms with van der Waals surface area (Å²) in [4.78, 5) is 2.80. The third-order valence-corrected chi connectivity index (χ3v) is 2.70. The lowest BCUT2D eigenvalue weighted by Gasteiger charge is -2.11. The predicted molar refractivity (Wildman–Crippen MR) is 60.7 cm³/mol. The molecule has 0 radical (unpaired) electrons. The van der Waals surface area contributed by atoms with Crippen LogP contribution in [0.2, 0.25) is 0 Å². The summed E-state index contributed by atoms with van der Waals surface area (Å²) in [5.74, 6) is 0. The number of nitrogens with one attached hydrogen (secondary N) is 1.